The molecule has 0 bridgehead atoms. The van der Waals surface area contributed by atoms with Crippen LogP contribution in [0.1, 0.15) is 24.0 Å². The van der Waals surface area contributed by atoms with Crippen LogP contribution in [0.5, 0.6) is 0 Å². The molecule has 0 spiro atoms. The lowest BCUT2D eigenvalue weighted by molar-refractivity contribution is -0.0233. The highest BCUT2D eigenvalue weighted by atomic mass is 16.3. The van der Waals surface area contributed by atoms with Crippen LogP contribution in [-0.4, -0.2) is 29.6 Å². The van der Waals surface area contributed by atoms with E-state index in [0.29, 0.717) is 0 Å². The molecule has 1 fully saturated rings. The summed E-state index contributed by atoms with van der Waals surface area (Å²) in [5.74, 6) is 0. The summed E-state index contributed by atoms with van der Waals surface area (Å²) in [6.07, 6.45) is 5.98. The van der Waals surface area contributed by atoms with E-state index in [-0.39, 0.29) is 0 Å². The Labute approximate surface area is 132 Å². The first kappa shape index (κ1) is 15.0. The van der Waals surface area contributed by atoms with Crippen molar-refractivity contribution >= 4 is 6.08 Å². The van der Waals surface area contributed by atoms with E-state index in [9.17, 15) is 5.11 Å². The average molecular weight is 293 g/mol. The third kappa shape index (κ3) is 3.65. The van der Waals surface area contributed by atoms with Gasteiger partial charge in [0.1, 0.15) is 0 Å². The van der Waals surface area contributed by atoms with Gasteiger partial charge in [0.2, 0.25) is 0 Å². The Bertz CT molecular complexity index is 598. The van der Waals surface area contributed by atoms with Gasteiger partial charge in [0.25, 0.3) is 0 Å². The molecule has 2 heteroatoms. The van der Waals surface area contributed by atoms with Crippen LogP contribution in [0, 0.1) is 0 Å². The van der Waals surface area contributed by atoms with Crippen LogP contribution in [0.3, 0.4) is 0 Å². The van der Waals surface area contributed by atoms with Crippen LogP contribution in [0.4, 0.5) is 0 Å². The fourth-order valence-corrected chi connectivity index (χ4v) is 3.04. The number of piperidine rings is 1. The maximum Gasteiger partial charge on any atom is 0.0920 e. The number of rotatable bonds is 4. The molecule has 0 aliphatic carbocycles. The molecule has 1 heterocycles. The van der Waals surface area contributed by atoms with Crippen molar-refractivity contribution in [3.8, 4) is 0 Å². The zero-order chi connectivity index (χ0) is 15.3. The van der Waals surface area contributed by atoms with Gasteiger partial charge in [-0.2, -0.15) is 0 Å². The van der Waals surface area contributed by atoms with Gasteiger partial charge in [0, 0.05) is 19.6 Å². The van der Waals surface area contributed by atoms with E-state index in [2.05, 4.69) is 41.3 Å². The third-order valence-electron chi connectivity index (χ3n) is 4.47. The van der Waals surface area contributed by atoms with Gasteiger partial charge < -0.3 is 5.11 Å². The summed E-state index contributed by atoms with van der Waals surface area (Å²) in [6, 6.07) is 20.4. The van der Waals surface area contributed by atoms with Crippen molar-refractivity contribution in [1.82, 2.24) is 4.90 Å². The van der Waals surface area contributed by atoms with E-state index in [1.807, 2.05) is 36.4 Å². The lowest BCUT2D eigenvalue weighted by atomic mass is 9.84. The highest BCUT2D eigenvalue weighted by Gasteiger charge is 2.33. The third-order valence-corrected chi connectivity index (χ3v) is 4.47. The molecular formula is C20H23NO. The van der Waals surface area contributed by atoms with E-state index >= 15 is 0 Å². The van der Waals surface area contributed by atoms with Gasteiger partial charge in [-0.05, 0) is 24.0 Å². The topological polar surface area (TPSA) is 23.5 Å². The van der Waals surface area contributed by atoms with Crippen molar-refractivity contribution in [1.29, 1.82) is 0 Å². The quantitative estimate of drug-likeness (QED) is 0.929. The molecule has 0 amide bonds. The van der Waals surface area contributed by atoms with E-state index in [4.69, 9.17) is 0 Å². The molecule has 0 saturated carbocycles. The van der Waals surface area contributed by atoms with Crippen molar-refractivity contribution in [2.24, 2.45) is 0 Å². The van der Waals surface area contributed by atoms with E-state index in [0.717, 1.165) is 38.0 Å². The first-order chi connectivity index (χ1) is 10.8. The second-order valence-corrected chi connectivity index (χ2v) is 6.01. The molecule has 3 rings (SSSR count). The minimum absolute atomic E-state index is 0.652. The monoisotopic (exact) mass is 293 g/mol. The second-order valence-electron chi connectivity index (χ2n) is 6.01. The number of nitrogens with zero attached hydrogens (tertiary/aromatic N) is 1. The Balaban J connectivity index is 1.53. The molecule has 22 heavy (non-hydrogen) atoms. The molecule has 0 unspecified atom stereocenters. The normalized spacial score (nSPS) is 18.6. The highest BCUT2D eigenvalue weighted by molar-refractivity contribution is 5.48. The summed E-state index contributed by atoms with van der Waals surface area (Å²) in [6.45, 7) is 2.81. The van der Waals surface area contributed by atoms with Crippen molar-refractivity contribution in [2.45, 2.75) is 18.4 Å². The summed E-state index contributed by atoms with van der Waals surface area (Å²) in [5, 5.41) is 10.8. The molecule has 0 aromatic heterocycles. The summed E-state index contributed by atoms with van der Waals surface area (Å²) in [5.41, 5.74) is 1.63. The summed E-state index contributed by atoms with van der Waals surface area (Å²) in [7, 11) is 0. The van der Waals surface area contributed by atoms with Crippen LogP contribution in [0.2, 0.25) is 0 Å². The van der Waals surface area contributed by atoms with E-state index < -0.39 is 5.60 Å². The lowest BCUT2D eigenvalue weighted by Gasteiger charge is -2.38. The average Bonchev–Trinajstić information content (AvgIpc) is 2.59. The fraction of sp³-hybridized carbons (Fsp3) is 0.300. The molecule has 1 aliphatic rings. The minimum Gasteiger partial charge on any atom is -0.385 e. The Kier molecular flexibility index (Phi) is 4.71. The molecule has 2 nitrogen and oxygen atoms in total. The molecule has 114 valence electrons. The highest BCUT2D eigenvalue weighted by Crippen LogP contribution is 2.32. The number of benzene rings is 2. The van der Waals surface area contributed by atoms with Crippen LogP contribution in [0.15, 0.2) is 66.7 Å². The SMILES string of the molecule is OC1(c2ccccc2)CCN(CC=Cc2ccccc2)CC1. The minimum atomic E-state index is -0.652. The van der Waals surface area contributed by atoms with Gasteiger partial charge in [-0.3, -0.25) is 4.90 Å². The van der Waals surface area contributed by atoms with Gasteiger partial charge in [-0.1, -0.05) is 72.8 Å². The van der Waals surface area contributed by atoms with Crippen LogP contribution >= 0.6 is 0 Å². The number of likely N-dealkylation sites (tertiary alicyclic amines) is 1. The fourth-order valence-electron chi connectivity index (χ4n) is 3.04. The first-order valence-electron chi connectivity index (χ1n) is 7.98. The maximum atomic E-state index is 10.8. The molecule has 2 aromatic rings. The Morgan fingerprint density at radius 3 is 2.14 bits per heavy atom. The lowest BCUT2D eigenvalue weighted by Crippen LogP contribution is -2.42. The van der Waals surface area contributed by atoms with Crippen molar-refractivity contribution in [2.75, 3.05) is 19.6 Å². The molecule has 1 aliphatic heterocycles. The standard InChI is InChI=1S/C20H23NO/c22-20(19-11-5-2-6-12-19)13-16-21(17-14-20)15-7-10-18-8-3-1-4-9-18/h1-12,22H,13-17H2. The Hall–Kier alpha value is -1.90. The Morgan fingerprint density at radius 2 is 1.50 bits per heavy atom. The number of hydrogen-bond donors (Lipinski definition) is 1. The van der Waals surface area contributed by atoms with Crippen LogP contribution in [0.25, 0.3) is 6.08 Å². The molecular weight excluding hydrogens is 270 g/mol. The maximum absolute atomic E-state index is 10.8. The smallest absolute Gasteiger partial charge is 0.0920 e. The largest absolute Gasteiger partial charge is 0.385 e. The van der Waals surface area contributed by atoms with Gasteiger partial charge in [0.05, 0.1) is 5.60 Å². The van der Waals surface area contributed by atoms with E-state index in [1.54, 1.807) is 0 Å². The Morgan fingerprint density at radius 1 is 0.909 bits per heavy atom. The van der Waals surface area contributed by atoms with Gasteiger partial charge in [-0.15, -0.1) is 0 Å². The number of aliphatic hydroxyl groups is 1. The zero-order valence-corrected chi connectivity index (χ0v) is 12.9. The van der Waals surface area contributed by atoms with Crippen LogP contribution in [-0.2, 0) is 5.60 Å². The molecule has 1 saturated heterocycles. The number of hydrogen-bond acceptors (Lipinski definition) is 2. The summed E-state index contributed by atoms with van der Waals surface area (Å²) < 4.78 is 0. The van der Waals surface area contributed by atoms with Gasteiger partial charge in [0.15, 0.2) is 0 Å². The second kappa shape index (κ2) is 6.91. The predicted octanol–water partition coefficient (Wildman–Crippen LogP) is 3.68. The van der Waals surface area contributed by atoms with E-state index in [1.165, 1.54) is 5.56 Å². The molecule has 0 atom stereocenters. The molecule has 1 N–H and O–H groups in total. The summed E-state index contributed by atoms with van der Waals surface area (Å²) >= 11 is 0. The van der Waals surface area contributed by atoms with Crippen LogP contribution < -0.4 is 0 Å². The molecule has 2 aromatic carbocycles. The predicted molar refractivity (Wildman–Crippen MR) is 91.5 cm³/mol. The first-order valence-corrected chi connectivity index (χ1v) is 7.98. The van der Waals surface area contributed by atoms with Crippen molar-refractivity contribution in [3.05, 3.63) is 77.9 Å². The van der Waals surface area contributed by atoms with Gasteiger partial charge >= 0.3 is 0 Å². The van der Waals surface area contributed by atoms with Crippen molar-refractivity contribution < 1.29 is 5.11 Å². The summed E-state index contributed by atoms with van der Waals surface area (Å²) in [4.78, 5) is 2.40. The molecule has 0 radical (unpaired) electrons. The van der Waals surface area contributed by atoms with Crippen molar-refractivity contribution in [3.63, 3.8) is 0 Å². The van der Waals surface area contributed by atoms with Gasteiger partial charge in [-0.25, -0.2) is 0 Å². The zero-order valence-electron chi connectivity index (χ0n) is 12.9.